The lowest BCUT2D eigenvalue weighted by Crippen LogP contribution is -2.35. The topological polar surface area (TPSA) is 51.2 Å². The van der Waals surface area contributed by atoms with Crippen LogP contribution in [0.1, 0.15) is 50.0 Å². The Morgan fingerprint density at radius 1 is 1.03 bits per heavy atom. The summed E-state index contributed by atoms with van der Waals surface area (Å²) in [5, 5.41) is 10.1. The van der Waals surface area contributed by atoms with Crippen LogP contribution in [0.2, 0.25) is 0 Å². The summed E-state index contributed by atoms with van der Waals surface area (Å²) in [4.78, 5) is 2.51. The van der Waals surface area contributed by atoms with E-state index in [2.05, 4.69) is 49.9 Å². The van der Waals surface area contributed by atoms with E-state index in [1.54, 1.807) is 19.2 Å². The summed E-state index contributed by atoms with van der Waals surface area (Å²) in [5.74, 6) is 3.44. The van der Waals surface area contributed by atoms with Crippen LogP contribution in [-0.4, -0.2) is 42.9 Å². The maximum absolute atomic E-state index is 10.1. The van der Waals surface area contributed by atoms with E-state index in [0.29, 0.717) is 12.6 Å². The van der Waals surface area contributed by atoms with Gasteiger partial charge in [-0.25, -0.2) is 0 Å². The largest absolute Gasteiger partial charge is 0.508 e. The molecule has 5 heteroatoms. The smallest absolute Gasteiger partial charge is 0.150 e. The molecule has 1 saturated heterocycles. The minimum atomic E-state index is -0.283. The van der Waals surface area contributed by atoms with Crippen LogP contribution in [0.3, 0.4) is 0 Å². The second kappa shape index (κ2) is 10.3. The number of hydrogen-bond acceptors (Lipinski definition) is 5. The fourth-order valence-corrected chi connectivity index (χ4v) is 5.25. The lowest BCUT2D eigenvalue weighted by Gasteiger charge is -2.31. The molecule has 0 aromatic heterocycles. The predicted molar refractivity (Wildman–Crippen MR) is 144 cm³/mol. The van der Waals surface area contributed by atoms with Crippen molar-refractivity contribution in [2.24, 2.45) is 5.92 Å². The molecule has 36 heavy (non-hydrogen) atoms. The standard InChI is InChI=1S/C31H35NO4/c1-20-15-16-32(18-20)21(2)19-35-27-12-7-24(8-13-27)31-30(23-5-10-26(34-4)11-6-23)22(3)28-17-25(33)9-14-29(28)36-31/h5-14,17,20-21,31,33H,15-16,18-19H2,1-4H3. The van der Waals surface area contributed by atoms with Gasteiger partial charge < -0.3 is 19.3 Å². The number of ether oxygens (including phenoxy) is 3. The third-order valence-electron chi connectivity index (χ3n) is 7.43. The fourth-order valence-electron chi connectivity index (χ4n) is 5.25. The van der Waals surface area contributed by atoms with Crippen LogP contribution in [0.4, 0.5) is 0 Å². The Morgan fingerprint density at radius 3 is 2.42 bits per heavy atom. The number of hydrogen-bond donors (Lipinski definition) is 1. The number of allylic oxidation sites excluding steroid dienone is 1. The quantitative estimate of drug-likeness (QED) is 0.410. The Bertz CT molecular complexity index is 1230. The Balaban J connectivity index is 1.40. The van der Waals surface area contributed by atoms with Crippen molar-refractivity contribution in [2.45, 2.75) is 39.3 Å². The molecular weight excluding hydrogens is 450 g/mol. The van der Waals surface area contributed by atoms with Crippen molar-refractivity contribution in [1.29, 1.82) is 0 Å². The van der Waals surface area contributed by atoms with E-state index in [-0.39, 0.29) is 11.9 Å². The summed E-state index contributed by atoms with van der Waals surface area (Å²) in [6.45, 7) is 9.64. The van der Waals surface area contributed by atoms with Crippen LogP contribution in [-0.2, 0) is 0 Å². The van der Waals surface area contributed by atoms with Crippen molar-refractivity contribution in [3.05, 3.63) is 83.4 Å². The molecule has 2 aliphatic rings. The van der Waals surface area contributed by atoms with Crippen molar-refractivity contribution in [1.82, 2.24) is 4.90 Å². The Hall–Kier alpha value is -3.44. The van der Waals surface area contributed by atoms with Crippen LogP contribution in [0.5, 0.6) is 23.0 Å². The van der Waals surface area contributed by atoms with Gasteiger partial charge in [0.15, 0.2) is 0 Å². The maximum atomic E-state index is 10.1. The first-order valence-corrected chi connectivity index (χ1v) is 12.7. The van der Waals surface area contributed by atoms with E-state index in [1.807, 2.05) is 30.3 Å². The highest BCUT2D eigenvalue weighted by atomic mass is 16.5. The van der Waals surface area contributed by atoms with Crippen molar-refractivity contribution < 1.29 is 19.3 Å². The van der Waals surface area contributed by atoms with Gasteiger partial charge >= 0.3 is 0 Å². The van der Waals surface area contributed by atoms with Gasteiger partial charge in [0, 0.05) is 23.7 Å². The number of rotatable bonds is 7. The van der Waals surface area contributed by atoms with Crippen molar-refractivity contribution in [3.8, 4) is 23.0 Å². The molecule has 2 aliphatic heterocycles. The fraction of sp³-hybridized carbons (Fsp3) is 0.355. The molecular formula is C31H35NO4. The van der Waals surface area contributed by atoms with E-state index in [4.69, 9.17) is 14.2 Å². The highest BCUT2D eigenvalue weighted by Crippen LogP contribution is 2.47. The molecule has 5 rings (SSSR count). The summed E-state index contributed by atoms with van der Waals surface area (Å²) in [7, 11) is 1.67. The number of aromatic hydroxyl groups is 1. The minimum absolute atomic E-state index is 0.225. The molecule has 0 radical (unpaired) electrons. The zero-order valence-corrected chi connectivity index (χ0v) is 21.5. The summed E-state index contributed by atoms with van der Waals surface area (Å²) >= 11 is 0. The molecule has 1 fully saturated rings. The normalized spacial score (nSPS) is 20.6. The molecule has 0 spiro atoms. The number of likely N-dealkylation sites (tertiary alicyclic amines) is 1. The van der Waals surface area contributed by atoms with Gasteiger partial charge in [0.2, 0.25) is 0 Å². The average molecular weight is 486 g/mol. The first-order chi connectivity index (χ1) is 17.4. The molecule has 1 N–H and O–H groups in total. The van der Waals surface area contributed by atoms with E-state index < -0.39 is 0 Å². The van der Waals surface area contributed by atoms with Gasteiger partial charge in [-0.1, -0.05) is 31.2 Å². The molecule has 188 valence electrons. The third-order valence-corrected chi connectivity index (χ3v) is 7.43. The van der Waals surface area contributed by atoms with Crippen molar-refractivity contribution in [3.63, 3.8) is 0 Å². The van der Waals surface area contributed by atoms with Gasteiger partial charge in [0.1, 0.15) is 35.7 Å². The van der Waals surface area contributed by atoms with Gasteiger partial charge in [-0.3, -0.25) is 4.90 Å². The summed E-state index contributed by atoms with van der Waals surface area (Å²) in [6, 6.07) is 21.9. The van der Waals surface area contributed by atoms with E-state index in [1.165, 1.54) is 6.42 Å². The van der Waals surface area contributed by atoms with Crippen molar-refractivity contribution in [2.75, 3.05) is 26.8 Å². The van der Waals surface area contributed by atoms with Gasteiger partial charge in [-0.2, -0.15) is 0 Å². The molecule has 0 amide bonds. The van der Waals surface area contributed by atoms with Crippen molar-refractivity contribution >= 4 is 11.1 Å². The second-order valence-corrected chi connectivity index (χ2v) is 10.1. The van der Waals surface area contributed by atoms with E-state index in [0.717, 1.165) is 64.1 Å². The lowest BCUT2D eigenvalue weighted by atomic mass is 9.86. The van der Waals surface area contributed by atoms with Crippen LogP contribution in [0, 0.1) is 5.92 Å². The van der Waals surface area contributed by atoms with Gasteiger partial charge in [0.05, 0.1) is 7.11 Å². The maximum Gasteiger partial charge on any atom is 0.150 e. The number of phenolic OH excluding ortho intramolecular Hbond substituents is 1. The summed E-state index contributed by atoms with van der Waals surface area (Å²) < 4.78 is 18.0. The first-order valence-electron chi connectivity index (χ1n) is 12.7. The molecule has 3 unspecified atom stereocenters. The Kier molecular flexibility index (Phi) is 6.92. The lowest BCUT2D eigenvalue weighted by molar-refractivity contribution is 0.169. The number of benzene rings is 3. The highest BCUT2D eigenvalue weighted by Gasteiger charge is 2.30. The average Bonchev–Trinajstić information content (AvgIpc) is 3.34. The van der Waals surface area contributed by atoms with Gasteiger partial charge in [-0.15, -0.1) is 0 Å². The monoisotopic (exact) mass is 485 g/mol. The molecule has 3 aromatic carbocycles. The molecule has 3 aromatic rings. The molecule has 0 aliphatic carbocycles. The van der Waals surface area contributed by atoms with Crippen LogP contribution < -0.4 is 14.2 Å². The third kappa shape index (κ3) is 4.93. The second-order valence-electron chi connectivity index (χ2n) is 10.1. The van der Waals surface area contributed by atoms with E-state index >= 15 is 0 Å². The molecule has 0 bridgehead atoms. The zero-order valence-electron chi connectivity index (χ0n) is 21.5. The van der Waals surface area contributed by atoms with Crippen LogP contribution in [0.25, 0.3) is 11.1 Å². The van der Waals surface area contributed by atoms with Crippen LogP contribution in [0.15, 0.2) is 66.7 Å². The molecule has 5 nitrogen and oxygen atoms in total. The first kappa shape index (κ1) is 24.3. The predicted octanol–water partition coefficient (Wildman–Crippen LogP) is 6.57. The minimum Gasteiger partial charge on any atom is -0.508 e. The molecule has 0 saturated carbocycles. The van der Waals surface area contributed by atoms with Crippen LogP contribution >= 0.6 is 0 Å². The highest BCUT2D eigenvalue weighted by molar-refractivity contribution is 5.95. The number of phenols is 1. The van der Waals surface area contributed by atoms with Gasteiger partial charge in [-0.05, 0) is 91.9 Å². The zero-order chi connectivity index (χ0) is 25.2. The SMILES string of the molecule is COc1ccc(C2=C(C)c3cc(O)ccc3OC2c2ccc(OCC(C)N3CCC(C)C3)cc2)cc1. The molecule has 2 heterocycles. The Morgan fingerprint density at radius 2 is 1.75 bits per heavy atom. The van der Waals surface area contributed by atoms with Gasteiger partial charge in [0.25, 0.3) is 0 Å². The Labute approximate surface area is 213 Å². The van der Waals surface area contributed by atoms with E-state index in [9.17, 15) is 5.11 Å². The summed E-state index contributed by atoms with van der Waals surface area (Å²) in [6.07, 6.45) is 0.988. The summed E-state index contributed by atoms with van der Waals surface area (Å²) in [5.41, 5.74) is 5.16. The number of fused-ring (bicyclic) bond motifs is 1. The molecule has 3 atom stereocenters. The number of methoxy groups -OCH3 is 1. The number of nitrogens with zero attached hydrogens (tertiary/aromatic N) is 1.